The van der Waals surface area contributed by atoms with E-state index in [9.17, 15) is 14.4 Å². The van der Waals surface area contributed by atoms with Gasteiger partial charge in [-0.15, -0.1) is 0 Å². The van der Waals surface area contributed by atoms with Gasteiger partial charge >= 0.3 is 12.0 Å². The van der Waals surface area contributed by atoms with Crippen molar-refractivity contribution in [3.63, 3.8) is 0 Å². The van der Waals surface area contributed by atoms with E-state index in [0.29, 0.717) is 16.2 Å². The van der Waals surface area contributed by atoms with Crippen molar-refractivity contribution in [2.45, 2.75) is 0 Å². The van der Waals surface area contributed by atoms with Gasteiger partial charge in [-0.05, 0) is 22.9 Å². The molecule has 2 aromatic carbocycles. The van der Waals surface area contributed by atoms with Gasteiger partial charge in [0.05, 0.1) is 7.11 Å². The molecule has 0 bridgehead atoms. The number of urea groups is 1. The van der Waals surface area contributed by atoms with Gasteiger partial charge in [0.25, 0.3) is 5.91 Å². The summed E-state index contributed by atoms with van der Waals surface area (Å²) in [6, 6.07) is 10.4. The number of nitrogens with zero attached hydrogens (tertiary/aromatic N) is 1. The second-order valence-electron chi connectivity index (χ2n) is 5.18. The number of carboxylic acid groups (broad SMARTS) is 1. The van der Waals surface area contributed by atoms with Gasteiger partial charge in [-0.25, -0.2) is 9.69 Å². The first-order valence-electron chi connectivity index (χ1n) is 7.13. The first-order chi connectivity index (χ1) is 11.5. The number of amides is 3. The molecule has 0 aliphatic carbocycles. The zero-order valence-corrected chi connectivity index (χ0v) is 12.8. The SMILES string of the molecule is COc1ccc2ccccc2c1C=C1NC(=O)N(CC(=O)O)C1=O. The summed E-state index contributed by atoms with van der Waals surface area (Å²) in [5.74, 6) is -1.40. The maximum absolute atomic E-state index is 12.3. The zero-order chi connectivity index (χ0) is 17.3. The molecule has 1 aliphatic rings. The summed E-state index contributed by atoms with van der Waals surface area (Å²) in [6.07, 6.45) is 1.50. The highest BCUT2D eigenvalue weighted by Crippen LogP contribution is 2.30. The number of methoxy groups -OCH3 is 1. The summed E-state index contributed by atoms with van der Waals surface area (Å²) in [5.41, 5.74) is 0.646. The van der Waals surface area contributed by atoms with Crippen LogP contribution in [0.5, 0.6) is 5.75 Å². The molecular weight excluding hydrogens is 312 g/mol. The van der Waals surface area contributed by atoms with Crippen LogP contribution in [0.15, 0.2) is 42.1 Å². The zero-order valence-electron chi connectivity index (χ0n) is 12.8. The molecule has 2 N–H and O–H groups in total. The van der Waals surface area contributed by atoms with Gasteiger partial charge in [0.2, 0.25) is 0 Å². The average molecular weight is 326 g/mol. The van der Waals surface area contributed by atoms with Gasteiger partial charge in [-0.3, -0.25) is 9.59 Å². The molecule has 1 fully saturated rings. The minimum absolute atomic E-state index is 0.0101. The number of hydrogen-bond donors (Lipinski definition) is 2. The number of ether oxygens (including phenoxy) is 1. The van der Waals surface area contributed by atoms with Crippen LogP contribution in [0.4, 0.5) is 4.79 Å². The van der Waals surface area contributed by atoms with Crippen molar-refractivity contribution in [2.75, 3.05) is 13.7 Å². The second kappa shape index (κ2) is 6.04. The lowest BCUT2D eigenvalue weighted by Crippen LogP contribution is -2.35. The topological polar surface area (TPSA) is 95.9 Å². The Hall–Kier alpha value is -3.35. The minimum Gasteiger partial charge on any atom is -0.496 e. The van der Waals surface area contributed by atoms with Crippen LogP contribution in [0, 0.1) is 0 Å². The summed E-state index contributed by atoms with van der Waals surface area (Å²) < 4.78 is 5.34. The molecule has 7 nitrogen and oxygen atoms in total. The monoisotopic (exact) mass is 326 g/mol. The Morgan fingerprint density at radius 2 is 2.00 bits per heavy atom. The van der Waals surface area contributed by atoms with Crippen LogP contribution >= 0.6 is 0 Å². The maximum atomic E-state index is 12.3. The summed E-state index contributed by atoms with van der Waals surface area (Å²) in [5, 5.41) is 13.0. The normalized spacial score (nSPS) is 15.9. The lowest BCUT2D eigenvalue weighted by Gasteiger charge is -2.10. The Labute approximate surface area is 137 Å². The van der Waals surface area contributed by atoms with Crippen molar-refractivity contribution in [3.05, 3.63) is 47.7 Å². The molecule has 0 aromatic heterocycles. The maximum Gasteiger partial charge on any atom is 0.329 e. The van der Waals surface area contributed by atoms with Gasteiger partial charge < -0.3 is 15.2 Å². The molecule has 2 aromatic rings. The van der Waals surface area contributed by atoms with E-state index >= 15 is 0 Å². The van der Waals surface area contributed by atoms with Gasteiger partial charge in [0, 0.05) is 5.56 Å². The van der Waals surface area contributed by atoms with Crippen LogP contribution < -0.4 is 10.1 Å². The highest BCUT2D eigenvalue weighted by Gasteiger charge is 2.35. The number of carbonyl (C=O) groups is 3. The number of aliphatic carboxylic acids is 1. The van der Waals surface area contributed by atoms with Crippen LogP contribution in [0.3, 0.4) is 0 Å². The van der Waals surface area contributed by atoms with E-state index < -0.39 is 24.5 Å². The standard InChI is InChI=1S/C17H14N2O5/c1-24-14-7-6-10-4-2-3-5-11(10)12(14)8-13-16(22)19(9-15(20)21)17(23)18-13/h2-8H,9H2,1H3,(H,18,23)(H,20,21). The third-order valence-electron chi connectivity index (χ3n) is 3.69. The van der Waals surface area contributed by atoms with E-state index in [4.69, 9.17) is 9.84 Å². The molecule has 122 valence electrons. The molecule has 3 amide bonds. The van der Waals surface area contributed by atoms with Crippen LogP contribution in [-0.2, 0) is 9.59 Å². The highest BCUT2D eigenvalue weighted by atomic mass is 16.5. The molecule has 0 saturated carbocycles. The van der Waals surface area contributed by atoms with E-state index in [1.165, 1.54) is 13.2 Å². The summed E-state index contributed by atoms with van der Waals surface area (Å²) in [6.45, 7) is -0.686. The number of nitrogens with one attached hydrogen (secondary N) is 1. The molecule has 0 unspecified atom stereocenters. The lowest BCUT2D eigenvalue weighted by atomic mass is 10.0. The minimum atomic E-state index is -1.26. The molecule has 0 spiro atoms. The molecular formula is C17H14N2O5. The quantitative estimate of drug-likeness (QED) is 0.660. The van der Waals surface area contributed by atoms with Crippen molar-refractivity contribution in [3.8, 4) is 5.75 Å². The van der Waals surface area contributed by atoms with Crippen molar-refractivity contribution in [1.82, 2.24) is 10.2 Å². The number of rotatable bonds is 4. The fourth-order valence-corrected chi connectivity index (χ4v) is 2.60. The number of carbonyl (C=O) groups excluding carboxylic acids is 2. The molecule has 24 heavy (non-hydrogen) atoms. The molecule has 3 rings (SSSR count). The Bertz CT molecular complexity index is 888. The van der Waals surface area contributed by atoms with Gasteiger partial charge in [0.15, 0.2) is 0 Å². The Morgan fingerprint density at radius 3 is 2.71 bits per heavy atom. The predicted octanol–water partition coefficient (Wildman–Crippen LogP) is 1.83. The first-order valence-corrected chi connectivity index (χ1v) is 7.13. The van der Waals surface area contributed by atoms with E-state index in [-0.39, 0.29) is 5.70 Å². The Balaban J connectivity index is 2.09. The number of hydrogen-bond acceptors (Lipinski definition) is 4. The third-order valence-corrected chi connectivity index (χ3v) is 3.69. The van der Waals surface area contributed by atoms with E-state index in [1.54, 1.807) is 6.07 Å². The van der Waals surface area contributed by atoms with Crippen molar-refractivity contribution >= 4 is 34.8 Å². The van der Waals surface area contributed by atoms with Crippen LogP contribution in [0.25, 0.3) is 16.8 Å². The number of benzene rings is 2. The van der Waals surface area contributed by atoms with Gasteiger partial charge in [-0.1, -0.05) is 30.3 Å². The Morgan fingerprint density at radius 1 is 1.25 bits per heavy atom. The molecule has 0 radical (unpaired) electrons. The average Bonchev–Trinajstić information content (AvgIpc) is 2.82. The second-order valence-corrected chi connectivity index (χ2v) is 5.18. The number of fused-ring (bicyclic) bond motifs is 1. The van der Waals surface area contributed by atoms with Crippen LogP contribution in [0.2, 0.25) is 0 Å². The summed E-state index contributed by atoms with van der Waals surface area (Å²) in [7, 11) is 1.51. The van der Waals surface area contributed by atoms with Crippen molar-refractivity contribution in [1.29, 1.82) is 0 Å². The number of carboxylic acids is 1. The molecule has 0 atom stereocenters. The van der Waals surface area contributed by atoms with E-state index in [1.807, 2.05) is 30.3 Å². The summed E-state index contributed by atoms with van der Waals surface area (Å²) >= 11 is 0. The summed E-state index contributed by atoms with van der Waals surface area (Å²) in [4.78, 5) is 35.5. The molecule has 7 heteroatoms. The molecule has 1 saturated heterocycles. The predicted molar refractivity (Wildman–Crippen MR) is 86.4 cm³/mol. The van der Waals surface area contributed by atoms with Crippen LogP contribution in [0.1, 0.15) is 5.56 Å². The van der Waals surface area contributed by atoms with E-state index in [0.717, 1.165) is 10.8 Å². The smallest absolute Gasteiger partial charge is 0.329 e. The molecule has 1 aliphatic heterocycles. The number of imide groups is 1. The van der Waals surface area contributed by atoms with Gasteiger partial charge in [0.1, 0.15) is 18.0 Å². The van der Waals surface area contributed by atoms with Crippen molar-refractivity contribution in [2.24, 2.45) is 0 Å². The lowest BCUT2D eigenvalue weighted by molar-refractivity contribution is -0.140. The van der Waals surface area contributed by atoms with Crippen LogP contribution in [-0.4, -0.2) is 41.6 Å². The first kappa shape index (κ1) is 15.5. The van der Waals surface area contributed by atoms with Crippen molar-refractivity contribution < 1.29 is 24.2 Å². The largest absolute Gasteiger partial charge is 0.496 e. The third kappa shape index (κ3) is 2.67. The highest BCUT2D eigenvalue weighted by molar-refractivity contribution is 6.15. The fourth-order valence-electron chi connectivity index (χ4n) is 2.60. The molecule has 1 heterocycles. The fraction of sp³-hybridized carbons (Fsp3) is 0.118. The van der Waals surface area contributed by atoms with Gasteiger partial charge in [-0.2, -0.15) is 0 Å². The Kier molecular flexibility index (Phi) is 3.91. The van der Waals surface area contributed by atoms with E-state index in [2.05, 4.69) is 5.32 Å².